The van der Waals surface area contributed by atoms with Gasteiger partial charge in [-0.1, -0.05) is 68.4 Å². The standard InChI is InChI=1S/C25H17BrCl4N2O2S/c1-12-5-16(6-13(2)22(12)26)31-25-32-24(33)21(35-25)10-15-8-19(29)23(20(30)9-15)34-11-14-3-4-17(27)18(28)7-14/h3-10H,11H2,1-2H3,(H,31,32,33)/b21-10-. The first kappa shape index (κ1) is 26.4. The molecule has 1 aliphatic rings. The van der Waals surface area contributed by atoms with Crippen LogP contribution in [0.5, 0.6) is 5.75 Å². The third-order valence-electron chi connectivity index (χ3n) is 4.99. The molecule has 1 fully saturated rings. The molecule has 3 aromatic rings. The monoisotopic (exact) mass is 628 g/mol. The van der Waals surface area contributed by atoms with Crippen molar-refractivity contribution in [2.75, 3.05) is 0 Å². The van der Waals surface area contributed by atoms with Crippen molar-refractivity contribution < 1.29 is 9.53 Å². The second-order valence-corrected chi connectivity index (χ2v) is 11.2. The van der Waals surface area contributed by atoms with Crippen molar-refractivity contribution in [2.24, 2.45) is 4.99 Å². The van der Waals surface area contributed by atoms with Crippen LogP contribution in [0.15, 0.2) is 56.8 Å². The highest BCUT2D eigenvalue weighted by Gasteiger charge is 2.24. The van der Waals surface area contributed by atoms with E-state index in [-0.39, 0.29) is 12.5 Å². The lowest BCUT2D eigenvalue weighted by Crippen LogP contribution is -2.19. The van der Waals surface area contributed by atoms with Gasteiger partial charge in [-0.05, 0) is 90.3 Å². The number of hydrogen-bond acceptors (Lipinski definition) is 4. The summed E-state index contributed by atoms with van der Waals surface area (Å²) in [6.07, 6.45) is 1.71. The first-order valence-corrected chi connectivity index (χ1v) is 13.3. The van der Waals surface area contributed by atoms with Crippen LogP contribution >= 0.6 is 74.1 Å². The van der Waals surface area contributed by atoms with E-state index in [2.05, 4.69) is 26.2 Å². The van der Waals surface area contributed by atoms with E-state index in [1.54, 1.807) is 36.4 Å². The molecule has 1 saturated heterocycles. The maximum atomic E-state index is 12.5. The van der Waals surface area contributed by atoms with Gasteiger partial charge in [0.05, 0.1) is 30.7 Å². The van der Waals surface area contributed by atoms with Gasteiger partial charge >= 0.3 is 0 Å². The van der Waals surface area contributed by atoms with E-state index in [0.29, 0.717) is 41.5 Å². The van der Waals surface area contributed by atoms with Crippen molar-refractivity contribution in [1.82, 2.24) is 5.32 Å². The quantitative estimate of drug-likeness (QED) is 0.286. The molecule has 4 nitrogen and oxygen atoms in total. The number of benzene rings is 3. The molecule has 1 amide bonds. The van der Waals surface area contributed by atoms with Gasteiger partial charge in [0.1, 0.15) is 6.61 Å². The molecule has 3 aromatic carbocycles. The summed E-state index contributed by atoms with van der Waals surface area (Å²) >= 11 is 29.7. The van der Waals surface area contributed by atoms with Crippen molar-refractivity contribution in [3.05, 3.63) is 94.2 Å². The summed E-state index contributed by atoms with van der Waals surface area (Å²) in [5.74, 6) is 0.0970. The third-order valence-corrected chi connectivity index (χ3v) is 8.45. The minimum Gasteiger partial charge on any atom is -0.486 e. The Morgan fingerprint density at radius 1 is 0.971 bits per heavy atom. The molecule has 0 unspecified atom stereocenters. The minimum atomic E-state index is -0.244. The second kappa shape index (κ2) is 11.2. The smallest absolute Gasteiger partial charge is 0.264 e. The topological polar surface area (TPSA) is 50.7 Å². The molecule has 1 N–H and O–H groups in total. The summed E-state index contributed by atoms with van der Waals surface area (Å²) in [5, 5.41) is 4.84. The molecule has 0 atom stereocenters. The number of amides is 1. The Bertz CT molecular complexity index is 1360. The summed E-state index contributed by atoms with van der Waals surface area (Å²) in [6.45, 7) is 4.21. The zero-order chi connectivity index (χ0) is 25.3. The van der Waals surface area contributed by atoms with E-state index in [4.69, 9.17) is 51.1 Å². The highest BCUT2D eigenvalue weighted by molar-refractivity contribution is 9.10. The molecule has 180 valence electrons. The average molecular weight is 631 g/mol. The van der Waals surface area contributed by atoms with Gasteiger partial charge in [-0.3, -0.25) is 4.79 Å². The predicted octanol–water partition coefficient (Wildman–Crippen LogP) is 9.15. The fourth-order valence-electron chi connectivity index (χ4n) is 3.32. The van der Waals surface area contributed by atoms with Crippen LogP contribution in [0.4, 0.5) is 5.69 Å². The number of halogens is 5. The Labute approximate surface area is 235 Å². The van der Waals surface area contributed by atoms with E-state index in [1.807, 2.05) is 26.0 Å². The van der Waals surface area contributed by atoms with Gasteiger partial charge in [0.25, 0.3) is 5.91 Å². The van der Waals surface area contributed by atoms with Crippen LogP contribution in [-0.2, 0) is 11.4 Å². The highest BCUT2D eigenvalue weighted by atomic mass is 79.9. The van der Waals surface area contributed by atoms with Crippen molar-refractivity contribution in [1.29, 1.82) is 0 Å². The summed E-state index contributed by atoms with van der Waals surface area (Å²) in [6, 6.07) is 12.5. The zero-order valence-electron chi connectivity index (χ0n) is 18.4. The van der Waals surface area contributed by atoms with Gasteiger partial charge in [0.15, 0.2) is 10.9 Å². The van der Waals surface area contributed by atoms with Gasteiger partial charge in [-0.2, -0.15) is 0 Å². The summed E-state index contributed by atoms with van der Waals surface area (Å²) in [4.78, 5) is 17.6. The highest BCUT2D eigenvalue weighted by Crippen LogP contribution is 2.37. The first-order valence-electron chi connectivity index (χ1n) is 10.2. The third kappa shape index (κ3) is 6.37. The van der Waals surface area contributed by atoms with Crippen LogP contribution in [0, 0.1) is 13.8 Å². The molecule has 4 rings (SSSR count). The van der Waals surface area contributed by atoms with Gasteiger partial charge in [-0.25, -0.2) is 4.99 Å². The Hall–Kier alpha value is -1.67. The summed E-state index contributed by atoms with van der Waals surface area (Å²) in [5.41, 5.74) is 4.39. The van der Waals surface area contributed by atoms with E-state index in [9.17, 15) is 4.79 Å². The number of nitrogens with one attached hydrogen (secondary N) is 1. The van der Waals surface area contributed by atoms with Gasteiger partial charge < -0.3 is 10.1 Å². The lowest BCUT2D eigenvalue weighted by atomic mass is 10.1. The van der Waals surface area contributed by atoms with Crippen LogP contribution < -0.4 is 10.1 Å². The van der Waals surface area contributed by atoms with Crippen LogP contribution in [0.1, 0.15) is 22.3 Å². The van der Waals surface area contributed by atoms with Gasteiger partial charge in [-0.15, -0.1) is 0 Å². The molecule has 0 aromatic heterocycles. The van der Waals surface area contributed by atoms with E-state index >= 15 is 0 Å². The molecule has 0 radical (unpaired) electrons. The molecule has 0 aliphatic carbocycles. The number of thioether (sulfide) groups is 1. The maximum absolute atomic E-state index is 12.5. The Morgan fingerprint density at radius 3 is 2.26 bits per heavy atom. The Balaban J connectivity index is 1.51. The zero-order valence-corrected chi connectivity index (χ0v) is 23.8. The predicted molar refractivity (Wildman–Crippen MR) is 152 cm³/mol. The first-order chi connectivity index (χ1) is 16.6. The lowest BCUT2D eigenvalue weighted by Gasteiger charge is -2.11. The number of hydrogen-bond donors (Lipinski definition) is 1. The molecule has 1 aliphatic heterocycles. The normalized spacial score (nSPS) is 15.7. The van der Waals surface area contributed by atoms with Gasteiger partial charge in [0, 0.05) is 4.47 Å². The molecular formula is C25H17BrCl4N2O2S. The molecule has 1 heterocycles. The van der Waals surface area contributed by atoms with Crippen molar-refractivity contribution in [3.8, 4) is 5.75 Å². The summed E-state index contributed by atoms with van der Waals surface area (Å²) < 4.78 is 6.86. The van der Waals surface area contributed by atoms with Crippen LogP contribution in [-0.4, -0.2) is 11.1 Å². The Morgan fingerprint density at radius 2 is 1.63 bits per heavy atom. The molecule has 0 spiro atoms. The van der Waals surface area contributed by atoms with Crippen LogP contribution in [0.3, 0.4) is 0 Å². The number of rotatable bonds is 5. The number of aliphatic imine (C=N–C) groups is 1. The lowest BCUT2D eigenvalue weighted by molar-refractivity contribution is -0.115. The number of amidine groups is 1. The molecular weight excluding hydrogens is 614 g/mol. The Kier molecular flexibility index (Phi) is 8.41. The largest absolute Gasteiger partial charge is 0.486 e. The number of carbonyl (C=O) groups is 1. The fourth-order valence-corrected chi connectivity index (χ4v) is 5.33. The number of nitrogens with zero attached hydrogens (tertiary/aromatic N) is 1. The SMILES string of the molecule is Cc1cc(N=C2NC(=O)/C(=C/c3cc(Cl)c(OCc4ccc(Cl)c(Cl)c4)c(Cl)c3)S2)cc(C)c1Br. The van der Waals surface area contributed by atoms with E-state index < -0.39 is 0 Å². The second-order valence-electron chi connectivity index (χ2n) is 7.73. The minimum absolute atomic E-state index is 0.212. The van der Waals surface area contributed by atoms with Crippen LogP contribution in [0.25, 0.3) is 6.08 Å². The average Bonchev–Trinajstić information content (AvgIpc) is 3.12. The van der Waals surface area contributed by atoms with Crippen molar-refractivity contribution in [2.45, 2.75) is 20.5 Å². The number of carbonyl (C=O) groups excluding carboxylic acids is 1. The van der Waals surface area contributed by atoms with Crippen molar-refractivity contribution in [3.63, 3.8) is 0 Å². The molecule has 0 saturated carbocycles. The van der Waals surface area contributed by atoms with Gasteiger partial charge in [0.2, 0.25) is 0 Å². The molecule has 10 heteroatoms. The number of ether oxygens (including phenoxy) is 1. The molecule has 35 heavy (non-hydrogen) atoms. The maximum Gasteiger partial charge on any atom is 0.264 e. The fraction of sp³-hybridized carbons (Fsp3) is 0.120. The van der Waals surface area contributed by atoms with E-state index in [1.165, 1.54) is 11.8 Å². The summed E-state index contributed by atoms with van der Waals surface area (Å²) in [7, 11) is 0. The number of aryl methyl sites for hydroxylation is 2. The van der Waals surface area contributed by atoms with Crippen molar-refractivity contribution >= 4 is 96.9 Å². The molecule has 0 bridgehead atoms. The van der Waals surface area contributed by atoms with E-state index in [0.717, 1.165) is 26.9 Å². The van der Waals surface area contributed by atoms with Crippen LogP contribution in [0.2, 0.25) is 20.1 Å².